The monoisotopic (exact) mass is 312 g/mol. The molecule has 0 atom stereocenters. The van der Waals surface area contributed by atoms with Crippen LogP contribution in [0.4, 0.5) is 14.7 Å². The molecule has 0 saturated heterocycles. The molecule has 0 radical (unpaired) electrons. The SMILES string of the molecule is COc1cc(F)c(CCNC(=S)Nc2ncc[nH]2)c(F)c1. The fourth-order valence-electron chi connectivity index (χ4n) is 1.72. The topological polar surface area (TPSA) is 62.0 Å². The summed E-state index contributed by atoms with van der Waals surface area (Å²) in [6.07, 6.45) is 3.38. The van der Waals surface area contributed by atoms with Crippen molar-refractivity contribution in [2.24, 2.45) is 0 Å². The summed E-state index contributed by atoms with van der Waals surface area (Å²) < 4.78 is 32.2. The highest BCUT2D eigenvalue weighted by Gasteiger charge is 2.11. The average molecular weight is 312 g/mol. The van der Waals surface area contributed by atoms with Crippen LogP contribution in [-0.2, 0) is 6.42 Å². The first kappa shape index (κ1) is 15.2. The van der Waals surface area contributed by atoms with Gasteiger partial charge in [-0.2, -0.15) is 0 Å². The molecule has 1 heterocycles. The van der Waals surface area contributed by atoms with Crippen LogP contribution in [0.3, 0.4) is 0 Å². The first-order chi connectivity index (χ1) is 10.1. The molecule has 0 spiro atoms. The van der Waals surface area contributed by atoms with Crippen molar-refractivity contribution in [3.05, 3.63) is 41.7 Å². The summed E-state index contributed by atoms with van der Waals surface area (Å²) in [5.41, 5.74) is -0.0101. The van der Waals surface area contributed by atoms with Crippen molar-refractivity contribution >= 4 is 23.3 Å². The second kappa shape index (κ2) is 6.98. The van der Waals surface area contributed by atoms with E-state index in [4.69, 9.17) is 17.0 Å². The van der Waals surface area contributed by atoms with Crippen LogP contribution in [0, 0.1) is 11.6 Å². The number of benzene rings is 1. The van der Waals surface area contributed by atoms with Gasteiger partial charge in [0, 0.05) is 36.6 Å². The predicted octanol–water partition coefficient (Wildman–Crippen LogP) is 2.23. The highest BCUT2D eigenvalue weighted by Crippen LogP contribution is 2.20. The van der Waals surface area contributed by atoms with Crippen molar-refractivity contribution in [2.75, 3.05) is 19.0 Å². The highest BCUT2D eigenvalue weighted by atomic mass is 32.1. The van der Waals surface area contributed by atoms with E-state index in [0.29, 0.717) is 11.1 Å². The Bertz CT molecular complexity index is 596. The van der Waals surface area contributed by atoms with Crippen molar-refractivity contribution in [2.45, 2.75) is 6.42 Å². The molecule has 1 aromatic heterocycles. The first-order valence-electron chi connectivity index (χ1n) is 6.16. The molecule has 112 valence electrons. The van der Waals surface area contributed by atoms with Crippen molar-refractivity contribution in [3.63, 3.8) is 0 Å². The summed E-state index contributed by atoms with van der Waals surface area (Å²) in [5, 5.41) is 5.97. The molecule has 0 aliphatic carbocycles. The number of methoxy groups -OCH3 is 1. The zero-order chi connectivity index (χ0) is 15.2. The van der Waals surface area contributed by atoms with Gasteiger partial charge in [-0.25, -0.2) is 13.8 Å². The molecule has 2 aromatic rings. The molecule has 3 N–H and O–H groups in total. The van der Waals surface area contributed by atoms with Gasteiger partial charge in [0.1, 0.15) is 17.4 Å². The number of thiocarbonyl (C=S) groups is 1. The van der Waals surface area contributed by atoms with E-state index >= 15 is 0 Å². The van der Waals surface area contributed by atoms with Gasteiger partial charge in [-0.1, -0.05) is 0 Å². The Morgan fingerprint density at radius 1 is 1.38 bits per heavy atom. The number of halogens is 2. The van der Waals surface area contributed by atoms with E-state index in [1.165, 1.54) is 7.11 Å². The Labute approximate surface area is 125 Å². The Hall–Kier alpha value is -2.22. The van der Waals surface area contributed by atoms with Crippen LogP contribution >= 0.6 is 12.2 Å². The van der Waals surface area contributed by atoms with Gasteiger partial charge in [0.2, 0.25) is 5.95 Å². The third-order valence-electron chi connectivity index (χ3n) is 2.74. The Morgan fingerprint density at radius 2 is 2.10 bits per heavy atom. The average Bonchev–Trinajstić information content (AvgIpc) is 2.94. The summed E-state index contributed by atoms with van der Waals surface area (Å²) in [7, 11) is 1.36. The molecule has 21 heavy (non-hydrogen) atoms. The molecule has 8 heteroatoms. The van der Waals surface area contributed by atoms with Crippen LogP contribution < -0.4 is 15.4 Å². The molecule has 2 rings (SSSR count). The van der Waals surface area contributed by atoms with E-state index in [0.717, 1.165) is 12.1 Å². The summed E-state index contributed by atoms with van der Waals surface area (Å²) in [6, 6.07) is 2.30. The maximum atomic E-state index is 13.7. The maximum absolute atomic E-state index is 13.7. The van der Waals surface area contributed by atoms with E-state index in [-0.39, 0.29) is 24.3 Å². The van der Waals surface area contributed by atoms with Gasteiger partial charge in [0.25, 0.3) is 0 Å². The number of anilines is 1. The second-order valence-electron chi connectivity index (χ2n) is 4.14. The van der Waals surface area contributed by atoms with Gasteiger partial charge in [-0.05, 0) is 18.6 Å². The number of imidazole rings is 1. The van der Waals surface area contributed by atoms with Crippen LogP contribution in [0.15, 0.2) is 24.5 Å². The lowest BCUT2D eigenvalue weighted by atomic mass is 10.1. The third kappa shape index (κ3) is 4.12. The molecular weight excluding hydrogens is 298 g/mol. The fourth-order valence-corrected chi connectivity index (χ4v) is 1.92. The van der Waals surface area contributed by atoms with Crippen LogP contribution in [0.5, 0.6) is 5.75 Å². The normalized spacial score (nSPS) is 10.2. The maximum Gasteiger partial charge on any atom is 0.206 e. The number of aromatic amines is 1. The Morgan fingerprint density at radius 3 is 2.67 bits per heavy atom. The van der Waals surface area contributed by atoms with Gasteiger partial charge < -0.3 is 20.4 Å². The molecule has 0 bridgehead atoms. The minimum Gasteiger partial charge on any atom is -0.497 e. The predicted molar refractivity (Wildman–Crippen MR) is 79.4 cm³/mol. The molecule has 5 nitrogen and oxygen atoms in total. The smallest absolute Gasteiger partial charge is 0.206 e. The fraction of sp³-hybridized carbons (Fsp3) is 0.231. The minimum atomic E-state index is -0.640. The molecule has 0 amide bonds. The summed E-state index contributed by atoms with van der Waals surface area (Å²) >= 11 is 5.03. The van der Waals surface area contributed by atoms with Crippen LogP contribution in [0.1, 0.15) is 5.56 Å². The minimum absolute atomic E-state index is 0.0101. The van der Waals surface area contributed by atoms with E-state index in [2.05, 4.69) is 20.6 Å². The zero-order valence-electron chi connectivity index (χ0n) is 11.2. The van der Waals surface area contributed by atoms with Crippen LogP contribution in [0.25, 0.3) is 0 Å². The number of ether oxygens (including phenoxy) is 1. The van der Waals surface area contributed by atoms with Crippen LogP contribution in [-0.4, -0.2) is 28.7 Å². The van der Waals surface area contributed by atoms with Crippen molar-refractivity contribution in [1.82, 2.24) is 15.3 Å². The number of aromatic nitrogens is 2. The largest absolute Gasteiger partial charge is 0.497 e. The molecular formula is C13H14F2N4OS. The lowest BCUT2D eigenvalue weighted by molar-refractivity contribution is 0.405. The summed E-state index contributed by atoms with van der Waals surface area (Å²) in [6.45, 7) is 0.284. The number of rotatable bonds is 5. The molecule has 0 saturated carbocycles. The van der Waals surface area contributed by atoms with Crippen molar-refractivity contribution in [1.29, 1.82) is 0 Å². The first-order valence-corrected chi connectivity index (χ1v) is 6.57. The number of H-pyrrole nitrogens is 1. The Balaban J connectivity index is 1.87. The van der Waals surface area contributed by atoms with E-state index in [9.17, 15) is 8.78 Å². The molecule has 0 aliphatic heterocycles. The number of nitrogens with one attached hydrogen (secondary N) is 3. The van der Waals surface area contributed by atoms with Gasteiger partial charge in [-0.3, -0.25) is 0 Å². The number of nitrogens with zero attached hydrogens (tertiary/aromatic N) is 1. The van der Waals surface area contributed by atoms with Gasteiger partial charge in [-0.15, -0.1) is 0 Å². The lowest BCUT2D eigenvalue weighted by Crippen LogP contribution is -2.30. The van der Waals surface area contributed by atoms with Crippen LogP contribution in [0.2, 0.25) is 0 Å². The standard InChI is InChI=1S/C13H14F2N4OS/c1-20-8-6-10(14)9(11(15)7-8)2-3-18-13(21)19-12-16-4-5-17-12/h4-7H,2-3H2,1H3,(H3,16,17,18,19,21). The van der Waals surface area contributed by atoms with Gasteiger partial charge in [0.15, 0.2) is 5.11 Å². The van der Waals surface area contributed by atoms with E-state index < -0.39 is 11.6 Å². The van der Waals surface area contributed by atoms with Gasteiger partial charge in [0.05, 0.1) is 7.11 Å². The van der Waals surface area contributed by atoms with Crippen molar-refractivity contribution < 1.29 is 13.5 Å². The van der Waals surface area contributed by atoms with E-state index in [1.54, 1.807) is 12.4 Å². The van der Waals surface area contributed by atoms with E-state index in [1.807, 2.05) is 0 Å². The van der Waals surface area contributed by atoms with Gasteiger partial charge >= 0.3 is 0 Å². The molecule has 0 fully saturated rings. The Kier molecular flexibility index (Phi) is 5.04. The number of hydrogen-bond acceptors (Lipinski definition) is 3. The van der Waals surface area contributed by atoms with Crippen molar-refractivity contribution in [3.8, 4) is 5.75 Å². The molecule has 0 unspecified atom stereocenters. The summed E-state index contributed by atoms with van der Waals surface area (Å²) in [4.78, 5) is 6.77. The molecule has 0 aliphatic rings. The lowest BCUT2D eigenvalue weighted by Gasteiger charge is -2.10. The highest BCUT2D eigenvalue weighted by molar-refractivity contribution is 7.80. The second-order valence-corrected chi connectivity index (χ2v) is 4.55. The number of hydrogen-bond donors (Lipinski definition) is 3. The molecule has 1 aromatic carbocycles. The summed E-state index contributed by atoms with van der Waals surface area (Å²) in [5.74, 6) is -0.636. The third-order valence-corrected chi connectivity index (χ3v) is 2.99. The quantitative estimate of drug-likeness (QED) is 0.739. The zero-order valence-corrected chi connectivity index (χ0v) is 12.1.